The van der Waals surface area contributed by atoms with Crippen molar-refractivity contribution >= 4 is 21.6 Å². The van der Waals surface area contributed by atoms with Crippen molar-refractivity contribution in [3.05, 3.63) is 21.0 Å². The van der Waals surface area contributed by atoms with Gasteiger partial charge in [-0.25, -0.2) is 4.68 Å². The van der Waals surface area contributed by atoms with Crippen LogP contribution in [0.4, 0.5) is 5.69 Å². The second-order valence-corrected chi connectivity index (χ2v) is 4.94. The van der Waals surface area contributed by atoms with Crippen LogP contribution in [0.25, 0.3) is 0 Å². The second kappa shape index (κ2) is 6.03. The lowest BCUT2D eigenvalue weighted by Crippen LogP contribution is -2.25. The lowest BCUT2D eigenvalue weighted by molar-refractivity contribution is 0.187. The Labute approximate surface area is 114 Å². The van der Waals surface area contributed by atoms with E-state index in [1.54, 1.807) is 6.20 Å². The van der Waals surface area contributed by atoms with Crippen LogP contribution in [0, 0.1) is 18.3 Å². The molecule has 0 spiro atoms. The van der Waals surface area contributed by atoms with Gasteiger partial charge in [-0.3, -0.25) is 4.79 Å². The molecule has 1 saturated heterocycles. The van der Waals surface area contributed by atoms with Crippen molar-refractivity contribution in [1.82, 2.24) is 9.78 Å². The summed E-state index contributed by atoms with van der Waals surface area (Å²) in [6, 6.07) is 0. The van der Waals surface area contributed by atoms with Gasteiger partial charge in [-0.1, -0.05) is 5.92 Å². The van der Waals surface area contributed by atoms with Crippen LogP contribution in [-0.2, 0) is 11.3 Å². The molecule has 0 saturated carbocycles. The Balaban J connectivity index is 2.07. The number of anilines is 1. The van der Waals surface area contributed by atoms with Gasteiger partial charge in [0.1, 0.15) is 11.0 Å². The van der Waals surface area contributed by atoms with Gasteiger partial charge >= 0.3 is 0 Å². The highest BCUT2D eigenvalue weighted by Crippen LogP contribution is 2.18. The van der Waals surface area contributed by atoms with Crippen LogP contribution < -0.4 is 10.9 Å². The van der Waals surface area contributed by atoms with Crippen LogP contribution in [0.15, 0.2) is 15.5 Å². The molecule has 5 nitrogen and oxygen atoms in total. The lowest BCUT2D eigenvalue weighted by Gasteiger charge is -2.12. The summed E-state index contributed by atoms with van der Waals surface area (Å²) >= 11 is 3.27. The summed E-state index contributed by atoms with van der Waals surface area (Å²) in [6.07, 6.45) is 7.82. The molecule has 1 atom stereocenters. The minimum Gasteiger partial charge on any atom is -0.382 e. The van der Waals surface area contributed by atoms with Gasteiger partial charge in [-0.05, 0) is 22.4 Å². The maximum Gasteiger partial charge on any atom is 0.284 e. The van der Waals surface area contributed by atoms with Crippen molar-refractivity contribution in [2.24, 2.45) is 5.92 Å². The Bertz CT molecular complexity index is 515. The molecule has 1 unspecified atom stereocenters. The summed E-state index contributed by atoms with van der Waals surface area (Å²) < 4.78 is 7.00. The van der Waals surface area contributed by atoms with E-state index >= 15 is 0 Å². The molecule has 0 bridgehead atoms. The number of nitrogens with one attached hydrogen (secondary N) is 1. The molecular formula is C12H14BrN3O2. The maximum absolute atomic E-state index is 11.9. The van der Waals surface area contributed by atoms with Gasteiger partial charge in [0.05, 0.1) is 18.5 Å². The first-order valence-electron chi connectivity index (χ1n) is 5.73. The average molecular weight is 312 g/mol. The van der Waals surface area contributed by atoms with E-state index in [1.807, 2.05) is 0 Å². The molecule has 1 aromatic rings. The van der Waals surface area contributed by atoms with Crippen molar-refractivity contribution in [3.63, 3.8) is 0 Å². The molecule has 2 rings (SSSR count). The number of terminal acetylenes is 1. The summed E-state index contributed by atoms with van der Waals surface area (Å²) in [6.45, 7) is 2.54. The fourth-order valence-electron chi connectivity index (χ4n) is 1.79. The van der Waals surface area contributed by atoms with E-state index in [4.69, 9.17) is 11.2 Å². The molecule has 2 heterocycles. The number of halogens is 1. The molecule has 18 heavy (non-hydrogen) atoms. The predicted molar refractivity (Wildman–Crippen MR) is 72.4 cm³/mol. The highest BCUT2D eigenvalue weighted by Gasteiger charge is 2.16. The Morgan fingerprint density at radius 1 is 1.72 bits per heavy atom. The van der Waals surface area contributed by atoms with E-state index in [0.29, 0.717) is 16.1 Å². The molecule has 96 valence electrons. The quantitative estimate of drug-likeness (QED) is 0.846. The molecule has 1 aliphatic heterocycles. The molecule has 1 aromatic heterocycles. The van der Waals surface area contributed by atoms with E-state index in [-0.39, 0.29) is 12.1 Å². The first-order valence-corrected chi connectivity index (χ1v) is 6.52. The number of rotatable bonds is 4. The van der Waals surface area contributed by atoms with Gasteiger partial charge in [0.2, 0.25) is 0 Å². The van der Waals surface area contributed by atoms with Gasteiger partial charge in [0.25, 0.3) is 5.56 Å². The van der Waals surface area contributed by atoms with Gasteiger partial charge < -0.3 is 10.1 Å². The minimum atomic E-state index is -0.222. The number of hydrogen-bond donors (Lipinski definition) is 1. The van der Waals surface area contributed by atoms with Crippen molar-refractivity contribution in [2.75, 3.05) is 25.1 Å². The molecular weight excluding hydrogens is 298 g/mol. The fraction of sp³-hybridized carbons (Fsp3) is 0.500. The van der Waals surface area contributed by atoms with Crippen LogP contribution in [0.3, 0.4) is 0 Å². The first-order chi connectivity index (χ1) is 8.72. The largest absolute Gasteiger partial charge is 0.382 e. The van der Waals surface area contributed by atoms with Crippen LogP contribution in [0.5, 0.6) is 0 Å². The van der Waals surface area contributed by atoms with E-state index in [9.17, 15) is 4.79 Å². The summed E-state index contributed by atoms with van der Waals surface area (Å²) in [5.74, 6) is 2.88. The van der Waals surface area contributed by atoms with E-state index in [1.165, 1.54) is 4.68 Å². The maximum atomic E-state index is 11.9. The first kappa shape index (κ1) is 13.1. The summed E-state index contributed by atoms with van der Waals surface area (Å²) in [5, 5.41) is 7.22. The summed E-state index contributed by atoms with van der Waals surface area (Å²) in [5.41, 5.74) is 0.473. The third kappa shape index (κ3) is 2.92. The highest BCUT2D eigenvalue weighted by molar-refractivity contribution is 9.10. The molecule has 1 fully saturated rings. The average Bonchev–Trinajstić information content (AvgIpc) is 2.87. The van der Waals surface area contributed by atoms with Crippen LogP contribution >= 0.6 is 15.9 Å². The van der Waals surface area contributed by atoms with Gasteiger partial charge in [-0.15, -0.1) is 6.42 Å². The zero-order valence-electron chi connectivity index (χ0n) is 9.86. The van der Waals surface area contributed by atoms with Crippen LogP contribution in [0.1, 0.15) is 6.42 Å². The van der Waals surface area contributed by atoms with Crippen molar-refractivity contribution in [1.29, 1.82) is 0 Å². The lowest BCUT2D eigenvalue weighted by atomic mass is 10.1. The second-order valence-electron chi connectivity index (χ2n) is 4.15. The number of hydrogen-bond acceptors (Lipinski definition) is 4. The van der Waals surface area contributed by atoms with Crippen molar-refractivity contribution in [3.8, 4) is 12.3 Å². The molecule has 6 heteroatoms. The number of nitrogens with zero attached hydrogens (tertiary/aromatic N) is 2. The SMILES string of the molecule is C#CCn1ncc(NCC2CCOC2)c(Br)c1=O. The third-order valence-corrected chi connectivity index (χ3v) is 3.60. The summed E-state index contributed by atoms with van der Waals surface area (Å²) in [4.78, 5) is 11.9. The molecule has 0 amide bonds. The van der Waals surface area contributed by atoms with Gasteiger partial charge in [-0.2, -0.15) is 5.10 Å². The van der Waals surface area contributed by atoms with Crippen LogP contribution in [-0.4, -0.2) is 29.5 Å². The normalized spacial score (nSPS) is 18.6. The van der Waals surface area contributed by atoms with Crippen molar-refractivity contribution < 1.29 is 4.74 Å². The molecule has 0 aromatic carbocycles. The molecule has 0 radical (unpaired) electrons. The molecule has 0 aliphatic carbocycles. The summed E-state index contributed by atoms with van der Waals surface area (Å²) in [7, 11) is 0. The van der Waals surface area contributed by atoms with Crippen molar-refractivity contribution in [2.45, 2.75) is 13.0 Å². The van der Waals surface area contributed by atoms with E-state index in [2.05, 4.69) is 32.3 Å². The Kier molecular flexibility index (Phi) is 4.39. The number of ether oxygens (including phenoxy) is 1. The monoisotopic (exact) mass is 311 g/mol. The Hall–Kier alpha value is -1.32. The molecule has 1 N–H and O–H groups in total. The zero-order valence-corrected chi connectivity index (χ0v) is 11.4. The molecule has 1 aliphatic rings. The Morgan fingerprint density at radius 2 is 2.56 bits per heavy atom. The predicted octanol–water partition coefficient (Wildman–Crippen LogP) is 1.09. The zero-order chi connectivity index (χ0) is 13.0. The Morgan fingerprint density at radius 3 is 3.22 bits per heavy atom. The van der Waals surface area contributed by atoms with E-state index in [0.717, 1.165) is 26.2 Å². The topological polar surface area (TPSA) is 56.1 Å². The minimum absolute atomic E-state index is 0.175. The van der Waals surface area contributed by atoms with Gasteiger partial charge in [0, 0.05) is 19.1 Å². The highest BCUT2D eigenvalue weighted by atomic mass is 79.9. The van der Waals surface area contributed by atoms with Gasteiger partial charge in [0.15, 0.2) is 0 Å². The van der Waals surface area contributed by atoms with Crippen LogP contribution in [0.2, 0.25) is 0 Å². The van der Waals surface area contributed by atoms with E-state index < -0.39 is 0 Å². The smallest absolute Gasteiger partial charge is 0.284 e. The standard InChI is InChI=1S/C12H14BrN3O2/c1-2-4-16-12(17)11(13)10(7-15-16)14-6-9-3-5-18-8-9/h1,7,9,14H,3-6,8H2. The fourth-order valence-corrected chi connectivity index (χ4v) is 2.23. The number of aromatic nitrogens is 2. The third-order valence-electron chi connectivity index (χ3n) is 2.83.